The molecule has 1 aliphatic heterocycles. The number of aromatic amines is 1. The van der Waals surface area contributed by atoms with Crippen molar-refractivity contribution in [1.82, 2.24) is 30.0 Å². The lowest BCUT2D eigenvalue weighted by Crippen LogP contribution is -2.64. The van der Waals surface area contributed by atoms with Gasteiger partial charge in [0.1, 0.15) is 17.6 Å². The fraction of sp³-hybridized carbons (Fsp3) is 0.542. The van der Waals surface area contributed by atoms with Crippen molar-refractivity contribution in [3.05, 3.63) is 35.0 Å². The molecule has 0 spiro atoms. The van der Waals surface area contributed by atoms with Crippen molar-refractivity contribution in [1.29, 1.82) is 0 Å². The van der Waals surface area contributed by atoms with Crippen LogP contribution in [0, 0.1) is 28.6 Å². The number of halogens is 1. The van der Waals surface area contributed by atoms with Crippen LogP contribution in [0.5, 0.6) is 0 Å². The number of H-pyrrole nitrogens is 1. The van der Waals surface area contributed by atoms with E-state index in [0.717, 1.165) is 30.3 Å². The average molecular weight is 495 g/mol. The summed E-state index contributed by atoms with van der Waals surface area (Å²) in [4.78, 5) is 26.4. The fourth-order valence-electron chi connectivity index (χ4n) is 7.49. The number of imidazole rings is 1. The summed E-state index contributed by atoms with van der Waals surface area (Å²) in [6.07, 6.45) is 5.96. The first-order chi connectivity index (χ1) is 16.7. The Balaban J connectivity index is 1.33. The Kier molecular flexibility index (Phi) is 4.15. The largest absolute Gasteiger partial charge is 0.481 e. The van der Waals surface area contributed by atoms with Crippen molar-refractivity contribution in [2.24, 2.45) is 40.6 Å². The maximum atomic E-state index is 12.6. The Morgan fingerprint density at radius 1 is 1.31 bits per heavy atom. The molecule has 2 unspecified atom stereocenters. The van der Waals surface area contributed by atoms with Crippen molar-refractivity contribution in [3.8, 4) is 0 Å². The Hall–Kier alpha value is -2.98. The number of amidine groups is 1. The van der Waals surface area contributed by atoms with Gasteiger partial charge in [-0.15, -0.1) is 0 Å². The Morgan fingerprint density at radius 3 is 2.94 bits per heavy atom. The van der Waals surface area contributed by atoms with Crippen LogP contribution in [0.1, 0.15) is 50.7 Å². The van der Waals surface area contributed by atoms with Crippen LogP contribution in [-0.2, 0) is 11.8 Å². The predicted octanol–water partition coefficient (Wildman–Crippen LogP) is 3.33. The summed E-state index contributed by atoms with van der Waals surface area (Å²) in [5.74, 6) is 0.813. The summed E-state index contributed by atoms with van der Waals surface area (Å²) in [6.45, 7) is 4.62. The van der Waals surface area contributed by atoms with Crippen molar-refractivity contribution in [2.45, 2.75) is 45.3 Å². The molecule has 5 aliphatic rings. The number of pyridine rings is 1. The molecule has 0 aromatic carbocycles. The lowest BCUT2D eigenvalue weighted by atomic mass is 9.49. The van der Waals surface area contributed by atoms with Gasteiger partial charge in [-0.3, -0.25) is 15.2 Å². The molecule has 3 aromatic rings. The number of aryl methyl sites for hydroxylation is 1. The van der Waals surface area contributed by atoms with Crippen LogP contribution in [0.15, 0.2) is 23.6 Å². The number of fused-ring (bicyclic) bond motifs is 4. The maximum absolute atomic E-state index is 12.6. The van der Waals surface area contributed by atoms with Crippen LogP contribution in [-0.4, -0.2) is 47.7 Å². The molecule has 8 rings (SSSR count). The molecule has 7 atom stereocenters. The van der Waals surface area contributed by atoms with Gasteiger partial charge in [0.2, 0.25) is 0 Å². The Labute approximate surface area is 206 Å². The number of nitrogens with zero attached hydrogens (tertiary/aromatic N) is 5. The molecule has 0 amide bonds. The van der Waals surface area contributed by atoms with Crippen LogP contribution in [0.25, 0.3) is 11.0 Å². The quantitative estimate of drug-likeness (QED) is 0.437. The number of aliphatic imine (C=N–C) groups is 1. The van der Waals surface area contributed by atoms with Crippen LogP contribution >= 0.6 is 11.6 Å². The zero-order valence-corrected chi connectivity index (χ0v) is 20.5. The van der Waals surface area contributed by atoms with Gasteiger partial charge >= 0.3 is 5.97 Å². The van der Waals surface area contributed by atoms with E-state index in [4.69, 9.17) is 16.6 Å². The highest BCUT2D eigenvalue weighted by Crippen LogP contribution is 2.77. The number of hydrogen-bond donors (Lipinski definition) is 4. The molecular weight excluding hydrogens is 468 g/mol. The average Bonchev–Trinajstić information content (AvgIpc) is 3.19. The molecule has 2 bridgehead atoms. The first-order valence-electron chi connectivity index (χ1n) is 12.1. The minimum Gasteiger partial charge on any atom is -0.481 e. The molecular formula is C24H27ClN8O2. The number of anilines is 1. The van der Waals surface area contributed by atoms with Gasteiger partial charge < -0.3 is 15.0 Å². The highest BCUT2D eigenvalue weighted by atomic mass is 35.5. The van der Waals surface area contributed by atoms with E-state index in [9.17, 15) is 9.90 Å². The van der Waals surface area contributed by atoms with Gasteiger partial charge in [-0.05, 0) is 48.0 Å². The van der Waals surface area contributed by atoms with E-state index in [2.05, 4.69) is 44.6 Å². The molecule has 3 aromatic heterocycles. The van der Waals surface area contributed by atoms with Gasteiger partial charge in [-0.1, -0.05) is 25.4 Å². The molecule has 182 valence electrons. The van der Waals surface area contributed by atoms with Gasteiger partial charge in [0, 0.05) is 19.3 Å². The number of aliphatic carboxylic acids is 1. The summed E-state index contributed by atoms with van der Waals surface area (Å²) in [6, 6.07) is 1.60. The predicted molar refractivity (Wildman–Crippen MR) is 130 cm³/mol. The smallest absolute Gasteiger partial charge is 0.308 e. The number of aromatic nitrogens is 5. The zero-order chi connectivity index (χ0) is 24.3. The van der Waals surface area contributed by atoms with Gasteiger partial charge in [0.15, 0.2) is 17.3 Å². The first-order valence-corrected chi connectivity index (χ1v) is 12.4. The van der Waals surface area contributed by atoms with E-state index in [1.165, 1.54) is 0 Å². The third-order valence-electron chi connectivity index (χ3n) is 9.60. The van der Waals surface area contributed by atoms with Gasteiger partial charge in [0.05, 0.1) is 22.7 Å². The second-order valence-corrected chi connectivity index (χ2v) is 11.5. The second kappa shape index (κ2) is 6.82. The van der Waals surface area contributed by atoms with E-state index in [1.807, 2.05) is 11.6 Å². The fourth-order valence-corrected chi connectivity index (χ4v) is 7.65. The highest BCUT2D eigenvalue weighted by Gasteiger charge is 2.75. The molecule has 10 nitrogen and oxygen atoms in total. The molecule has 35 heavy (non-hydrogen) atoms. The molecule has 4 saturated carbocycles. The zero-order valence-electron chi connectivity index (χ0n) is 19.7. The van der Waals surface area contributed by atoms with Gasteiger partial charge in [-0.2, -0.15) is 5.10 Å². The Bertz CT molecular complexity index is 1430. The van der Waals surface area contributed by atoms with E-state index in [0.29, 0.717) is 33.9 Å². The number of carbonyl (C=O) groups is 1. The molecule has 4 fully saturated rings. The van der Waals surface area contributed by atoms with Crippen LogP contribution in [0.4, 0.5) is 5.82 Å². The summed E-state index contributed by atoms with van der Waals surface area (Å²) in [5.41, 5.74) is 2.14. The van der Waals surface area contributed by atoms with Crippen molar-refractivity contribution >= 4 is 40.3 Å². The van der Waals surface area contributed by atoms with Crippen molar-refractivity contribution in [2.75, 3.05) is 5.32 Å². The van der Waals surface area contributed by atoms with Crippen LogP contribution in [0.2, 0.25) is 5.02 Å². The van der Waals surface area contributed by atoms with Crippen molar-refractivity contribution in [3.63, 3.8) is 0 Å². The minimum absolute atomic E-state index is 0.118. The lowest BCUT2D eigenvalue weighted by Gasteiger charge is -2.58. The normalized spacial score (nSPS) is 36.9. The monoisotopic (exact) mass is 494 g/mol. The third kappa shape index (κ3) is 2.72. The van der Waals surface area contributed by atoms with E-state index in [1.54, 1.807) is 18.6 Å². The molecule has 4 heterocycles. The molecule has 0 radical (unpaired) electrons. The van der Waals surface area contributed by atoms with E-state index >= 15 is 0 Å². The number of carboxylic acids is 1. The summed E-state index contributed by atoms with van der Waals surface area (Å²) in [5, 5.41) is 26.0. The summed E-state index contributed by atoms with van der Waals surface area (Å²) < 4.78 is 1.94. The minimum atomic E-state index is -0.712. The SMILES string of the molecule is Cn1cnc2c1C(N[C@@H]1[C@@H](C(=O)O)[C@H]3CC[C@]1(C)C1(C)C[C@@H]31)N=C(c1[nH]nc3ncc(Cl)cc13)N2. The van der Waals surface area contributed by atoms with Gasteiger partial charge in [-0.25, -0.2) is 15.0 Å². The van der Waals surface area contributed by atoms with Crippen molar-refractivity contribution < 1.29 is 9.90 Å². The van der Waals surface area contributed by atoms with Crippen LogP contribution < -0.4 is 10.6 Å². The highest BCUT2D eigenvalue weighted by molar-refractivity contribution is 6.31. The number of hydrogen-bond acceptors (Lipinski definition) is 7. The molecule has 4 aliphatic carbocycles. The van der Waals surface area contributed by atoms with Crippen LogP contribution in [0.3, 0.4) is 0 Å². The molecule has 0 saturated heterocycles. The molecule has 11 heteroatoms. The number of carboxylic acid groups (broad SMARTS) is 1. The number of rotatable bonds is 4. The van der Waals surface area contributed by atoms with E-state index < -0.39 is 18.1 Å². The standard InChI is InChI=1S/C24H27ClN8O2/c1-23-5-4-11(13-7-24(13,23)2)14(22(34)35)17(23)28-21-16-20(27-9-33(16)3)29-19(30-21)15-12-6-10(25)8-26-18(12)32-31-15/h6,8-9,11,13-14,17,21,28H,4-5,7H2,1-3H3,(H,29,30)(H,34,35)(H,26,31,32)/t11-,13-,14-,17+,21?,23-,24?/m0/s1. The second-order valence-electron chi connectivity index (χ2n) is 11.1. The van der Waals surface area contributed by atoms with Gasteiger partial charge in [0.25, 0.3) is 0 Å². The maximum Gasteiger partial charge on any atom is 0.308 e. The summed E-state index contributed by atoms with van der Waals surface area (Å²) >= 11 is 6.21. The summed E-state index contributed by atoms with van der Waals surface area (Å²) in [7, 11) is 1.93. The third-order valence-corrected chi connectivity index (χ3v) is 9.81. The topological polar surface area (TPSA) is 133 Å². The molecule has 4 N–H and O–H groups in total. The number of nitrogens with one attached hydrogen (secondary N) is 3. The Morgan fingerprint density at radius 2 is 2.14 bits per heavy atom. The first kappa shape index (κ1) is 21.3. The van der Waals surface area contributed by atoms with E-state index in [-0.39, 0.29) is 22.8 Å². The lowest BCUT2D eigenvalue weighted by molar-refractivity contribution is -0.159.